The van der Waals surface area contributed by atoms with Crippen molar-refractivity contribution < 1.29 is 14.8 Å². The molecule has 0 spiro atoms. The first-order valence-corrected chi connectivity index (χ1v) is 11.1. The van der Waals surface area contributed by atoms with Crippen molar-refractivity contribution in [3.05, 3.63) is 24.3 Å². The van der Waals surface area contributed by atoms with Crippen molar-refractivity contribution in [2.45, 2.75) is 44.1 Å². The van der Waals surface area contributed by atoms with E-state index in [-0.39, 0.29) is 0 Å². The molecule has 0 aromatic heterocycles. The number of nitrogens with two attached hydrogens (primary N) is 1. The van der Waals surface area contributed by atoms with E-state index >= 15 is 0 Å². The Morgan fingerprint density at radius 3 is 2.11 bits per heavy atom. The number of benzene rings is 1. The number of amides is 1. The van der Waals surface area contributed by atoms with Gasteiger partial charge in [-0.3, -0.25) is 4.79 Å². The van der Waals surface area contributed by atoms with Crippen LogP contribution < -0.4 is 15.0 Å². The molecule has 6 rings (SSSR count). The maximum absolute atomic E-state index is 12.9. The SMILES string of the molecule is COc1ccc(N2CCN(C(=O)C[NH2+]C34CC5CC(CC(C5)C3)C4)CC2)cc1. The molecule has 0 unspecified atom stereocenters. The van der Waals surface area contributed by atoms with Crippen LogP contribution in [0.2, 0.25) is 0 Å². The number of piperazine rings is 1. The van der Waals surface area contributed by atoms with E-state index < -0.39 is 0 Å². The lowest BCUT2D eigenvalue weighted by atomic mass is 9.53. The maximum atomic E-state index is 12.9. The van der Waals surface area contributed by atoms with Crippen LogP contribution >= 0.6 is 0 Å². The molecule has 1 amide bonds. The van der Waals surface area contributed by atoms with Crippen LogP contribution in [0.5, 0.6) is 5.75 Å². The molecule has 5 heteroatoms. The normalized spacial score (nSPS) is 34.0. The molecular weight excluding hydrogens is 350 g/mol. The smallest absolute Gasteiger partial charge is 0.277 e. The van der Waals surface area contributed by atoms with Gasteiger partial charge in [0.1, 0.15) is 5.75 Å². The molecule has 5 nitrogen and oxygen atoms in total. The van der Waals surface area contributed by atoms with E-state index in [2.05, 4.69) is 27.2 Å². The Bertz CT molecular complexity index is 674. The first-order valence-electron chi connectivity index (χ1n) is 11.1. The highest BCUT2D eigenvalue weighted by Gasteiger charge is 2.53. The molecule has 5 fully saturated rings. The van der Waals surface area contributed by atoms with Crippen molar-refractivity contribution in [2.75, 3.05) is 44.7 Å². The van der Waals surface area contributed by atoms with Crippen molar-refractivity contribution in [1.29, 1.82) is 0 Å². The molecule has 1 aromatic carbocycles. The summed E-state index contributed by atoms with van der Waals surface area (Å²) in [5.41, 5.74) is 1.61. The number of ether oxygens (including phenoxy) is 1. The van der Waals surface area contributed by atoms with Gasteiger partial charge in [-0.25, -0.2) is 0 Å². The maximum Gasteiger partial charge on any atom is 0.277 e. The van der Waals surface area contributed by atoms with E-state index in [1.165, 1.54) is 44.2 Å². The van der Waals surface area contributed by atoms with Crippen LogP contribution in [0.3, 0.4) is 0 Å². The van der Waals surface area contributed by atoms with Gasteiger partial charge in [-0.2, -0.15) is 0 Å². The van der Waals surface area contributed by atoms with Gasteiger partial charge in [0.05, 0.1) is 12.6 Å². The standard InChI is InChI=1S/C23H33N3O2/c1-28-21-4-2-20(3-5-21)25-6-8-26(9-7-25)22(27)16-24-23-13-17-10-18(14-23)12-19(11-17)15-23/h2-5,17-19,24H,6-16H2,1H3/p+1. The van der Waals surface area contributed by atoms with Gasteiger partial charge in [-0.15, -0.1) is 0 Å². The third kappa shape index (κ3) is 3.49. The number of nitrogens with zero attached hydrogens (tertiary/aromatic N) is 2. The third-order valence-electron chi connectivity index (χ3n) is 7.87. The fourth-order valence-corrected chi connectivity index (χ4v) is 6.87. The van der Waals surface area contributed by atoms with Gasteiger partial charge in [0.25, 0.3) is 5.91 Å². The second-order valence-corrected chi connectivity index (χ2v) is 9.75. The molecule has 4 aliphatic carbocycles. The molecule has 2 N–H and O–H groups in total. The highest BCUT2D eigenvalue weighted by Crippen LogP contribution is 2.54. The first-order chi connectivity index (χ1) is 13.6. The molecule has 4 bridgehead atoms. The van der Waals surface area contributed by atoms with Gasteiger partial charge < -0.3 is 19.9 Å². The summed E-state index contributed by atoms with van der Waals surface area (Å²) < 4.78 is 5.24. The van der Waals surface area contributed by atoms with E-state index in [4.69, 9.17) is 4.74 Å². The monoisotopic (exact) mass is 384 g/mol. The van der Waals surface area contributed by atoms with E-state index in [0.29, 0.717) is 18.0 Å². The molecule has 4 saturated carbocycles. The average Bonchev–Trinajstić information content (AvgIpc) is 2.71. The lowest BCUT2D eigenvalue weighted by Gasteiger charge is -2.54. The lowest BCUT2D eigenvalue weighted by Crippen LogP contribution is -3.00. The first kappa shape index (κ1) is 18.3. The number of hydrogen-bond donors (Lipinski definition) is 1. The molecule has 1 aliphatic heterocycles. The Morgan fingerprint density at radius 1 is 1.00 bits per heavy atom. The highest BCUT2D eigenvalue weighted by molar-refractivity contribution is 5.77. The van der Waals surface area contributed by atoms with Crippen molar-refractivity contribution in [1.82, 2.24) is 4.90 Å². The van der Waals surface area contributed by atoms with Crippen molar-refractivity contribution in [2.24, 2.45) is 17.8 Å². The minimum atomic E-state index is 0.338. The van der Waals surface area contributed by atoms with Crippen LogP contribution in [0.15, 0.2) is 24.3 Å². The zero-order chi connectivity index (χ0) is 19.1. The summed E-state index contributed by atoms with van der Waals surface area (Å²) in [5.74, 6) is 4.07. The Labute approximate surface area is 168 Å². The summed E-state index contributed by atoms with van der Waals surface area (Å²) in [6, 6.07) is 8.23. The second-order valence-electron chi connectivity index (χ2n) is 9.75. The summed E-state index contributed by atoms with van der Waals surface area (Å²) >= 11 is 0. The minimum absolute atomic E-state index is 0.338. The quantitative estimate of drug-likeness (QED) is 0.843. The van der Waals surface area contributed by atoms with Crippen LogP contribution in [0.4, 0.5) is 5.69 Å². The van der Waals surface area contributed by atoms with E-state index in [0.717, 1.165) is 49.7 Å². The molecular formula is C23H34N3O2+. The van der Waals surface area contributed by atoms with Crippen molar-refractivity contribution in [3.63, 3.8) is 0 Å². The molecule has 0 radical (unpaired) electrons. The number of methoxy groups -OCH3 is 1. The molecule has 28 heavy (non-hydrogen) atoms. The van der Waals surface area contributed by atoms with Crippen LogP contribution in [0.25, 0.3) is 0 Å². The third-order valence-corrected chi connectivity index (χ3v) is 7.87. The van der Waals surface area contributed by atoms with E-state index in [1.54, 1.807) is 7.11 Å². The number of carbonyl (C=O) groups excluding carboxylic acids is 1. The van der Waals surface area contributed by atoms with Crippen LogP contribution in [-0.2, 0) is 4.79 Å². The molecule has 0 atom stereocenters. The van der Waals surface area contributed by atoms with Crippen molar-refractivity contribution in [3.8, 4) is 5.75 Å². The van der Waals surface area contributed by atoms with Crippen molar-refractivity contribution >= 4 is 11.6 Å². The van der Waals surface area contributed by atoms with Gasteiger partial charge in [0.2, 0.25) is 0 Å². The van der Waals surface area contributed by atoms with Gasteiger partial charge in [0.15, 0.2) is 6.54 Å². The topological polar surface area (TPSA) is 49.4 Å². The predicted octanol–water partition coefficient (Wildman–Crippen LogP) is 1.88. The van der Waals surface area contributed by atoms with Gasteiger partial charge in [-0.05, 0) is 61.3 Å². The van der Waals surface area contributed by atoms with Crippen LogP contribution in [0.1, 0.15) is 38.5 Å². The van der Waals surface area contributed by atoms with Gasteiger partial charge in [0, 0.05) is 51.1 Å². The summed E-state index contributed by atoms with van der Waals surface area (Å²) in [5, 5.41) is 2.45. The average molecular weight is 385 g/mol. The van der Waals surface area contributed by atoms with Crippen LogP contribution in [-0.4, -0.2) is 56.2 Å². The second kappa shape index (κ2) is 7.25. The Balaban J connectivity index is 1.12. The Morgan fingerprint density at radius 2 is 1.57 bits per heavy atom. The molecule has 1 aromatic rings. The molecule has 1 saturated heterocycles. The fourth-order valence-electron chi connectivity index (χ4n) is 6.87. The van der Waals surface area contributed by atoms with Gasteiger partial charge in [-0.1, -0.05) is 0 Å². The van der Waals surface area contributed by atoms with E-state index in [9.17, 15) is 4.79 Å². The minimum Gasteiger partial charge on any atom is -0.497 e. The van der Waals surface area contributed by atoms with Gasteiger partial charge >= 0.3 is 0 Å². The Hall–Kier alpha value is -1.75. The van der Waals surface area contributed by atoms with E-state index in [1.807, 2.05) is 12.1 Å². The fraction of sp³-hybridized carbons (Fsp3) is 0.696. The highest BCUT2D eigenvalue weighted by atomic mass is 16.5. The number of anilines is 1. The number of carbonyl (C=O) groups is 1. The lowest BCUT2D eigenvalue weighted by molar-refractivity contribution is -0.730. The molecule has 1 heterocycles. The zero-order valence-electron chi connectivity index (χ0n) is 17.1. The van der Waals surface area contributed by atoms with Crippen LogP contribution in [0, 0.1) is 17.8 Å². The molecule has 5 aliphatic rings. The largest absolute Gasteiger partial charge is 0.497 e. The summed E-state index contributed by atoms with van der Waals surface area (Å²) in [7, 11) is 1.69. The summed E-state index contributed by atoms with van der Waals surface area (Å²) in [6.07, 6.45) is 8.48. The summed E-state index contributed by atoms with van der Waals surface area (Å²) in [4.78, 5) is 17.3. The predicted molar refractivity (Wildman–Crippen MR) is 109 cm³/mol. The number of hydrogen-bond acceptors (Lipinski definition) is 3. The number of rotatable bonds is 5. The Kier molecular flexibility index (Phi) is 4.74. The molecule has 152 valence electrons. The summed E-state index contributed by atoms with van der Waals surface area (Å²) in [6.45, 7) is 4.14. The number of quaternary nitrogens is 1. The zero-order valence-corrected chi connectivity index (χ0v) is 17.1.